The Morgan fingerprint density at radius 3 is 2.95 bits per heavy atom. The van der Waals surface area contributed by atoms with E-state index in [0.29, 0.717) is 22.8 Å². The highest BCUT2D eigenvalue weighted by Gasteiger charge is 2.13. The normalized spacial score (nSPS) is 16.1. The van der Waals surface area contributed by atoms with Gasteiger partial charge >= 0.3 is 0 Å². The molecule has 0 atom stereocenters. The van der Waals surface area contributed by atoms with E-state index in [1.54, 1.807) is 18.3 Å². The van der Waals surface area contributed by atoms with Crippen LogP contribution in [0.5, 0.6) is 0 Å². The lowest BCUT2D eigenvalue weighted by Gasteiger charge is -2.21. The molecule has 1 fully saturated rings. The van der Waals surface area contributed by atoms with Crippen LogP contribution in [0, 0.1) is 0 Å². The third-order valence-corrected chi connectivity index (χ3v) is 3.93. The van der Waals surface area contributed by atoms with Gasteiger partial charge in [0.2, 0.25) is 0 Å². The molecule has 0 radical (unpaired) electrons. The number of aromatic nitrogens is 1. The first-order chi connectivity index (χ1) is 9.75. The zero-order chi connectivity index (χ0) is 14.2. The van der Waals surface area contributed by atoms with Crippen LogP contribution >= 0.6 is 15.9 Å². The summed E-state index contributed by atoms with van der Waals surface area (Å²) in [5.74, 6) is -0.0641. The fraction of sp³-hybridized carbons (Fsp3) is 0.600. The molecule has 1 aliphatic carbocycles. The SMILES string of the molecule is O=C(NCCCOC1CCCCC1)c1ccnc(Br)c1. The Labute approximate surface area is 128 Å². The number of pyridine rings is 1. The summed E-state index contributed by atoms with van der Waals surface area (Å²) in [6.07, 6.45) is 9.22. The number of rotatable bonds is 6. The van der Waals surface area contributed by atoms with Crippen molar-refractivity contribution < 1.29 is 9.53 Å². The van der Waals surface area contributed by atoms with Crippen molar-refractivity contribution in [2.24, 2.45) is 0 Å². The molecule has 1 heterocycles. The summed E-state index contributed by atoms with van der Waals surface area (Å²) in [7, 11) is 0. The molecule has 0 aromatic carbocycles. The van der Waals surface area contributed by atoms with Crippen LogP contribution in [-0.2, 0) is 4.74 Å². The molecule has 1 N–H and O–H groups in total. The molecule has 5 heteroatoms. The third kappa shape index (κ3) is 5.21. The molecule has 2 rings (SSSR count). The van der Waals surface area contributed by atoms with Crippen LogP contribution in [0.1, 0.15) is 48.9 Å². The van der Waals surface area contributed by atoms with Gasteiger partial charge in [-0.2, -0.15) is 0 Å². The first kappa shape index (κ1) is 15.4. The van der Waals surface area contributed by atoms with Gasteiger partial charge in [-0.3, -0.25) is 4.79 Å². The van der Waals surface area contributed by atoms with Crippen molar-refractivity contribution in [3.05, 3.63) is 28.5 Å². The molecule has 1 aromatic rings. The summed E-state index contributed by atoms with van der Waals surface area (Å²) < 4.78 is 6.49. The van der Waals surface area contributed by atoms with Gasteiger partial charge in [0.15, 0.2) is 0 Å². The molecule has 0 unspecified atom stereocenters. The fourth-order valence-corrected chi connectivity index (χ4v) is 2.77. The number of halogens is 1. The maximum atomic E-state index is 11.9. The van der Waals surface area contributed by atoms with E-state index in [1.165, 1.54) is 32.1 Å². The van der Waals surface area contributed by atoms with Crippen molar-refractivity contribution >= 4 is 21.8 Å². The van der Waals surface area contributed by atoms with E-state index in [1.807, 2.05) is 0 Å². The molecular weight excluding hydrogens is 320 g/mol. The van der Waals surface area contributed by atoms with Crippen LogP contribution in [0.25, 0.3) is 0 Å². The lowest BCUT2D eigenvalue weighted by Crippen LogP contribution is -2.26. The van der Waals surface area contributed by atoms with Gasteiger partial charge < -0.3 is 10.1 Å². The molecule has 0 bridgehead atoms. The maximum Gasteiger partial charge on any atom is 0.251 e. The minimum absolute atomic E-state index is 0.0641. The van der Waals surface area contributed by atoms with Gasteiger partial charge in [-0.25, -0.2) is 4.98 Å². The standard InChI is InChI=1S/C15H21BrN2O2/c16-14-11-12(7-9-17-14)15(19)18-8-4-10-20-13-5-2-1-3-6-13/h7,9,11,13H,1-6,8,10H2,(H,18,19). The molecule has 20 heavy (non-hydrogen) atoms. The zero-order valence-electron chi connectivity index (χ0n) is 11.6. The van der Waals surface area contributed by atoms with Crippen molar-refractivity contribution in [3.63, 3.8) is 0 Å². The van der Waals surface area contributed by atoms with Crippen LogP contribution in [0.2, 0.25) is 0 Å². The molecule has 0 spiro atoms. The lowest BCUT2D eigenvalue weighted by atomic mass is 9.98. The fourth-order valence-electron chi connectivity index (χ4n) is 2.40. The summed E-state index contributed by atoms with van der Waals surface area (Å²) in [5, 5.41) is 2.90. The highest BCUT2D eigenvalue weighted by atomic mass is 79.9. The Bertz CT molecular complexity index is 434. The Kier molecular flexibility index (Phi) is 6.47. The number of nitrogens with zero attached hydrogens (tertiary/aromatic N) is 1. The largest absolute Gasteiger partial charge is 0.378 e. The van der Waals surface area contributed by atoms with E-state index in [0.717, 1.165) is 13.0 Å². The average molecular weight is 341 g/mol. The molecule has 0 saturated heterocycles. The Hall–Kier alpha value is -0.940. The Morgan fingerprint density at radius 1 is 1.40 bits per heavy atom. The second-order valence-corrected chi connectivity index (χ2v) is 5.92. The molecule has 4 nitrogen and oxygen atoms in total. The number of nitrogens with one attached hydrogen (secondary N) is 1. The number of carbonyl (C=O) groups excluding carboxylic acids is 1. The van der Waals surface area contributed by atoms with Crippen LogP contribution in [0.3, 0.4) is 0 Å². The molecule has 1 saturated carbocycles. The van der Waals surface area contributed by atoms with Gasteiger partial charge in [0.05, 0.1) is 6.10 Å². The van der Waals surface area contributed by atoms with E-state index in [9.17, 15) is 4.79 Å². The summed E-state index contributed by atoms with van der Waals surface area (Å²) in [6, 6.07) is 3.42. The topological polar surface area (TPSA) is 51.2 Å². The van der Waals surface area contributed by atoms with E-state index in [2.05, 4.69) is 26.2 Å². The number of hydrogen-bond acceptors (Lipinski definition) is 3. The second kappa shape index (κ2) is 8.37. The van der Waals surface area contributed by atoms with Gasteiger partial charge in [0, 0.05) is 24.9 Å². The summed E-state index contributed by atoms with van der Waals surface area (Å²) in [5.41, 5.74) is 0.625. The van der Waals surface area contributed by atoms with Gasteiger partial charge in [0.25, 0.3) is 5.91 Å². The van der Waals surface area contributed by atoms with Gasteiger partial charge in [-0.05, 0) is 47.3 Å². The first-order valence-electron chi connectivity index (χ1n) is 7.27. The zero-order valence-corrected chi connectivity index (χ0v) is 13.2. The lowest BCUT2D eigenvalue weighted by molar-refractivity contribution is 0.0273. The Morgan fingerprint density at radius 2 is 2.20 bits per heavy atom. The third-order valence-electron chi connectivity index (χ3n) is 3.50. The number of amides is 1. The van der Waals surface area contributed by atoms with Crippen LogP contribution in [0.15, 0.2) is 22.9 Å². The van der Waals surface area contributed by atoms with Crippen molar-refractivity contribution in [2.75, 3.05) is 13.2 Å². The smallest absolute Gasteiger partial charge is 0.251 e. The van der Waals surface area contributed by atoms with Crippen LogP contribution < -0.4 is 5.32 Å². The maximum absolute atomic E-state index is 11.9. The van der Waals surface area contributed by atoms with Crippen molar-refractivity contribution in [3.8, 4) is 0 Å². The van der Waals surface area contributed by atoms with Crippen LogP contribution in [0.4, 0.5) is 0 Å². The molecular formula is C15H21BrN2O2. The Balaban J connectivity index is 1.59. The summed E-state index contributed by atoms with van der Waals surface area (Å²) in [4.78, 5) is 15.9. The number of carbonyl (C=O) groups is 1. The number of hydrogen-bond donors (Lipinski definition) is 1. The van der Waals surface area contributed by atoms with E-state index in [-0.39, 0.29) is 5.91 Å². The monoisotopic (exact) mass is 340 g/mol. The molecule has 1 aliphatic rings. The van der Waals surface area contributed by atoms with Gasteiger partial charge in [-0.1, -0.05) is 19.3 Å². The molecule has 1 amide bonds. The minimum atomic E-state index is -0.0641. The highest BCUT2D eigenvalue weighted by Crippen LogP contribution is 2.20. The van der Waals surface area contributed by atoms with E-state index >= 15 is 0 Å². The van der Waals surface area contributed by atoms with Crippen molar-refractivity contribution in [1.82, 2.24) is 10.3 Å². The minimum Gasteiger partial charge on any atom is -0.378 e. The van der Waals surface area contributed by atoms with Gasteiger partial charge in [-0.15, -0.1) is 0 Å². The van der Waals surface area contributed by atoms with Crippen molar-refractivity contribution in [1.29, 1.82) is 0 Å². The summed E-state index contributed by atoms with van der Waals surface area (Å²) >= 11 is 3.26. The first-order valence-corrected chi connectivity index (χ1v) is 8.06. The predicted molar refractivity (Wildman–Crippen MR) is 81.7 cm³/mol. The quantitative estimate of drug-likeness (QED) is 0.638. The highest BCUT2D eigenvalue weighted by molar-refractivity contribution is 9.10. The average Bonchev–Trinajstić information content (AvgIpc) is 2.48. The number of ether oxygens (including phenoxy) is 1. The van der Waals surface area contributed by atoms with Crippen LogP contribution in [-0.4, -0.2) is 30.1 Å². The van der Waals surface area contributed by atoms with E-state index in [4.69, 9.17) is 4.74 Å². The second-order valence-electron chi connectivity index (χ2n) is 5.11. The molecule has 0 aliphatic heterocycles. The summed E-state index contributed by atoms with van der Waals surface area (Å²) in [6.45, 7) is 1.37. The molecule has 110 valence electrons. The van der Waals surface area contributed by atoms with Crippen molar-refractivity contribution in [2.45, 2.75) is 44.6 Å². The van der Waals surface area contributed by atoms with Gasteiger partial charge in [0.1, 0.15) is 4.60 Å². The predicted octanol–water partition coefficient (Wildman–Crippen LogP) is 3.31. The molecule has 1 aromatic heterocycles. The van der Waals surface area contributed by atoms with E-state index < -0.39 is 0 Å².